The fourth-order valence-corrected chi connectivity index (χ4v) is 2.54. The van der Waals surface area contributed by atoms with Crippen molar-refractivity contribution in [2.24, 2.45) is 5.41 Å². The van der Waals surface area contributed by atoms with E-state index in [4.69, 9.17) is 4.74 Å². The van der Waals surface area contributed by atoms with E-state index >= 15 is 0 Å². The number of esters is 1. The molecule has 2 rings (SSSR count). The highest BCUT2D eigenvalue weighted by Crippen LogP contribution is 2.31. The smallest absolute Gasteiger partial charge is 0.320 e. The second-order valence-corrected chi connectivity index (χ2v) is 6.45. The van der Waals surface area contributed by atoms with Gasteiger partial charge in [0.05, 0.1) is 6.10 Å². The number of carbonyl (C=O) groups excluding carboxylic acids is 3. The molecule has 0 N–H and O–H groups in total. The lowest BCUT2D eigenvalue weighted by atomic mass is 9.77. The van der Waals surface area contributed by atoms with Crippen molar-refractivity contribution in [1.29, 1.82) is 0 Å². The molecule has 1 unspecified atom stereocenters. The molecular weight excluding hydrogens is 316 g/mol. The summed E-state index contributed by atoms with van der Waals surface area (Å²) in [4.78, 5) is 38.3. The van der Waals surface area contributed by atoms with Crippen LogP contribution in [0.5, 0.6) is 0 Å². The van der Waals surface area contributed by atoms with Gasteiger partial charge in [0, 0.05) is 17.5 Å². The Bertz CT molecular complexity index is 750. The van der Waals surface area contributed by atoms with Gasteiger partial charge in [-0.3, -0.25) is 14.4 Å². The van der Waals surface area contributed by atoms with Gasteiger partial charge in [0.2, 0.25) is 0 Å². The Hall–Kier alpha value is -2.75. The molecule has 0 radical (unpaired) electrons. The van der Waals surface area contributed by atoms with Crippen molar-refractivity contribution in [2.75, 3.05) is 0 Å². The Morgan fingerprint density at radius 3 is 1.84 bits per heavy atom. The molecule has 1 atom stereocenters. The van der Waals surface area contributed by atoms with Crippen LogP contribution in [0.2, 0.25) is 0 Å². The highest BCUT2D eigenvalue weighted by Gasteiger charge is 2.45. The van der Waals surface area contributed by atoms with Crippen LogP contribution in [0.4, 0.5) is 0 Å². The van der Waals surface area contributed by atoms with Crippen molar-refractivity contribution in [3.05, 3.63) is 71.8 Å². The van der Waals surface area contributed by atoms with Crippen LogP contribution in [0, 0.1) is 5.41 Å². The molecule has 0 saturated heterocycles. The van der Waals surface area contributed by atoms with Gasteiger partial charge in [0.1, 0.15) is 5.41 Å². The van der Waals surface area contributed by atoms with Crippen molar-refractivity contribution in [2.45, 2.75) is 33.3 Å². The first kappa shape index (κ1) is 18.6. The molecule has 0 heterocycles. The molecule has 4 nitrogen and oxygen atoms in total. The predicted octanol–water partition coefficient (Wildman–Crippen LogP) is 4.10. The standard InChI is InChI=1S/C21H22O4/c1-15(2)25-20(24)21(3,19(23)17-12-8-5-9-13-17)14-18(22)16-10-6-4-7-11-16/h4-13,15H,14H2,1-3H3. The molecule has 0 amide bonds. The molecule has 2 aromatic rings. The number of benzene rings is 2. The second kappa shape index (κ2) is 7.88. The summed E-state index contributed by atoms with van der Waals surface area (Å²) < 4.78 is 5.28. The Morgan fingerprint density at radius 1 is 0.880 bits per heavy atom. The zero-order valence-corrected chi connectivity index (χ0v) is 14.7. The molecule has 0 aromatic heterocycles. The summed E-state index contributed by atoms with van der Waals surface area (Å²) in [6.07, 6.45) is -0.613. The first-order chi connectivity index (χ1) is 11.8. The van der Waals surface area contributed by atoms with E-state index in [1.807, 2.05) is 0 Å². The zero-order chi connectivity index (χ0) is 18.4. The summed E-state index contributed by atoms with van der Waals surface area (Å²) in [5.41, 5.74) is -0.725. The molecule has 0 saturated carbocycles. The van der Waals surface area contributed by atoms with Crippen molar-refractivity contribution >= 4 is 17.5 Å². The lowest BCUT2D eigenvalue weighted by molar-refractivity contribution is -0.155. The number of ether oxygens (including phenoxy) is 1. The molecule has 130 valence electrons. The van der Waals surface area contributed by atoms with Gasteiger partial charge in [0.25, 0.3) is 0 Å². The van der Waals surface area contributed by atoms with Gasteiger partial charge in [-0.2, -0.15) is 0 Å². The first-order valence-electron chi connectivity index (χ1n) is 8.24. The van der Waals surface area contributed by atoms with Crippen molar-refractivity contribution < 1.29 is 19.1 Å². The van der Waals surface area contributed by atoms with Gasteiger partial charge in [-0.25, -0.2) is 0 Å². The maximum absolute atomic E-state index is 13.0. The van der Waals surface area contributed by atoms with E-state index in [0.717, 1.165) is 0 Å². The zero-order valence-electron chi connectivity index (χ0n) is 14.7. The van der Waals surface area contributed by atoms with Crippen LogP contribution in [0.1, 0.15) is 47.9 Å². The number of rotatable bonds is 7. The van der Waals surface area contributed by atoms with E-state index in [0.29, 0.717) is 11.1 Å². The Balaban J connectivity index is 2.37. The van der Waals surface area contributed by atoms with Crippen LogP contribution in [-0.2, 0) is 9.53 Å². The van der Waals surface area contributed by atoms with Gasteiger partial charge in [-0.15, -0.1) is 0 Å². The van der Waals surface area contributed by atoms with Gasteiger partial charge in [-0.1, -0.05) is 60.7 Å². The van der Waals surface area contributed by atoms with E-state index < -0.39 is 17.2 Å². The van der Waals surface area contributed by atoms with Gasteiger partial charge >= 0.3 is 5.97 Å². The lowest BCUT2D eigenvalue weighted by Crippen LogP contribution is -2.41. The van der Waals surface area contributed by atoms with Crippen LogP contribution < -0.4 is 0 Å². The summed E-state index contributed by atoms with van der Waals surface area (Å²) in [7, 11) is 0. The van der Waals surface area contributed by atoms with Crippen LogP contribution in [0.15, 0.2) is 60.7 Å². The molecule has 0 aliphatic heterocycles. The van der Waals surface area contributed by atoms with Gasteiger partial charge in [0.15, 0.2) is 11.6 Å². The molecule has 4 heteroatoms. The van der Waals surface area contributed by atoms with Crippen LogP contribution in [0.3, 0.4) is 0 Å². The topological polar surface area (TPSA) is 60.4 Å². The molecule has 25 heavy (non-hydrogen) atoms. The minimum atomic E-state index is -1.57. The average molecular weight is 338 g/mol. The van der Waals surface area contributed by atoms with Crippen LogP contribution >= 0.6 is 0 Å². The van der Waals surface area contributed by atoms with Crippen molar-refractivity contribution in [3.8, 4) is 0 Å². The largest absolute Gasteiger partial charge is 0.462 e. The highest BCUT2D eigenvalue weighted by atomic mass is 16.5. The number of Topliss-reactive ketones (excluding diaryl/α,β-unsaturated/α-hetero) is 2. The number of hydrogen-bond donors (Lipinski definition) is 0. The third kappa shape index (κ3) is 4.41. The number of ketones is 2. The van der Waals surface area contributed by atoms with E-state index in [2.05, 4.69) is 0 Å². The molecule has 0 fully saturated rings. The average Bonchev–Trinajstić information content (AvgIpc) is 2.61. The molecule has 0 spiro atoms. The van der Waals surface area contributed by atoms with Gasteiger partial charge in [-0.05, 0) is 20.8 Å². The maximum Gasteiger partial charge on any atom is 0.320 e. The monoisotopic (exact) mass is 338 g/mol. The maximum atomic E-state index is 13.0. The molecule has 0 bridgehead atoms. The molecular formula is C21H22O4. The van der Waals surface area contributed by atoms with Crippen molar-refractivity contribution in [1.82, 2.24) is 0 Å². The Labute approximate surface area is 147 Å². The van der Waals surface area contributed by atoms with E-state index in [9.17, 15) is 14.4 Å². The van der Waals surface area contributed by atoms with E-state index in [-0.39, 0.29) is 18.3 Å². The van der Waals surface area contributed by atoms with Crippen LogP contribution in [0.25, 0.3) is 0 Å². The van der Waals surface area contributed by atoms with Crippen LogP contribution in [-0.4, -0.2) is 23.6 Å². The fraction of sp³-hybridized carbons (Fsp3) is 0.286. The summed E-state index contributed by atoms with van der Waals surface area (Å²) >= 11 is 0. The lowest BCUT2D eigenvalue weighted by Gasteiger charge is -2.26. The summed E-state index contributed by atoms with van der Waals surface area (Å²) in [5, 5.41) is 0. The summed E-state index contributed by atoms with van der Waals surface area (Å²) in [6.45, 7) is 4.91. The quantitative estimate of drug-likeness (QED) is 0.433. The third-order valence-corrected chi connectivity index (χ3v) is 3.94. The summed E-state index contributed by atoms with van der Waals surface area (Å²) in [6, 6.07) is 17.1. The Morgan fingerprint density at radius 2 is 1.36 bits per heavy atom. The molecule has 0 aliphatic carbocycles. The third-order valence-electron chi connectivity index (χ3n) is 3.94. The molecule has 2 aromatic carbocycles. The summed E-state index contributed by atoms with van der Waals surface area (Å²) in [5.74, 6) is -1.36. The minimum Gasteiger partial charge on any atom is -0.462 e. The molecule has 0 aliphatic rings. The SMILES string of the molecule is CC(C)OC(=O)C(C)(CC(=O)c1ccccc1)C(=O)c1ccccc1. The van der Waals surface area contributed by atoms with Crippen molar-refractivity contribution in [3.63, 3.8) is 0 Å². The second-order valence-electron chi connectivity index (χ2n) is 6.45. The normalized spacial score (nSPS) is 13.1. The minimum absolute atomic E-state index is 0.240. The number of hydrogen-bond acceptors (Lipinski definition) is 4. The van der Waals surface area contributed by atoms with E-state index in [1.165, 1.54) is 6.92 Å². The predicted molar refractivity (Wildman–Crippen MR) is 95.5 cm³/mol. The number of carbonyl (C=O) groups is 3. The first-order valence-corrected chi connectivity index (χ1v) is 8.24. The Kier molecular flexibility index (Phi) is 5.86. The highest BCUT2D eigenvalue weighted by molar-refractivity contribution is 6.15. The fourth-order valence-electron chi connectivity index (χ4n) is 2.54. The van der Waals surface area contributed by atoms with Gasteiger partial charge < -0.3 is 4.74 Å². The van der Waals surface area contributed by atoms with E-state index in [1.54, 1.807) is 74.5 Å².